The predicted molar refractivity (Wildman–Crippen MR) is 84.6 cm³/mol. The molecule has 1 aromatic rings. The summed E-state index contributed by atoms with van der Waals surface area (Å²) < 4.78 is 0.969. The van der Waals surface area contributed by atoms with Gasteiger partial charge in [-0.2, -0.15) is 11.8 Å². The first-order valence-corrected chi connectivity index (χ1v) is 8.09. The molecule has 0 aliphatic carbocycles. The molecule has 0 saturated carbocycles. The van der Waals surface area contributed by atoms with Crippen LogP contribution in [0.3, 0.4) is 0 Å². The van der Waals surface area contributed by atoms with Crippen molar-refractivity contribution in [1.82, 2.24) is 5.32 Å². The molecule has 0 heterocycles. The summed E-state index contributed by atoms with van der Waals surface area (Å²) in [6.07, 6.45) is 1.94. The van der Waals surface area contributed by atoms with Crippen molar-refractivity contribution in [3.8, 4) is 0 Å². The summed E-state index contributed by atoms with van der Waals surface area (Å²) in [5.74, 6) is 0.510. The topological polar surface area (TPSA) is 61.4 Å². The molecular weight excluding hydrogens is 328 g/mol. The van der Waals surface area contributed by atoms with Gasteiger partial charge in [0.1, 0.15) is 0 Å². The molecule has 1 amide bonds. The second-order valence-corrected chi connectivity index (χ2v) is 6.37. The summed E-state index contributed by atoms with van der Waals surface area (Å²) in [4.78, 5) is 11.7. The number of aliphatic hydroxyl groups is 1. The fourth-order valence-corrected chi connectivity index (χ4v) is 2.53. The third-order valence-electron chi connectivity index (χ3n) is 2.37. The van der Waals surface area contributed by atoms with Gasteiger partial charge in [0.05, 0.1) is 12.1 Å². The maximum atomic E-state index is 11.7. The van der Waals surface area contributed by atoms with E-state index in [9.17, 15) is 9.90 Å². The molecule has 1 unspecified atom stereocenters. The highest BCUT2D eigenvalue weighted by Gasteiger charge is 2.19. The number of thioether (sulfide) groups is 1. The molecule has 1 aromatic carbocycles. The molecule has 6 heteroatoms. The number of carbonyl (C=O) groups is 1. The lowest BCUT2D eigenvalue weighted by Gasteiger charge is -2.22. The van der Waals surface area contributed by atoms with Crippen LogP contribution in [0.25, 0.3) is 0 Å². The zero-order valence-electron chi connectivity index (χ0n) is 11.1. The van der Waals surface area contributed by atoms with Gasteiger partial charge in [0.25, 0.3) is 0 Å². The van der Waals surface area contributed by atoms with Crippen molar-refractivity contribution in [2.24, 2.45) is 0 Å². The Morgan fingerprint density at radius 2 is 2.05 bits per heavy atom. The lowest BCUT2D eigenvalue weighted by atomic mass is 10.1. The fraction of sp³-hybridized carbons (Fsp3) is 0.462. The molecule has 0 aromatic heterocycles. The Balaban J connectivity index is 2.30. The second kappa shape index (κ2) is 7.89. The average molecular weight is 347 g/mol. The van der Waals surface area contributed by atoms with Gasteiger partial charge in [0.15, 0.2) is 0 Å². The first-order chi connectivity index (χ1) is 8.93. The van der Waals surface area contributed by atoms with Crippen LogP contribution in [-0.2, 0) is 4.79 Å². The predicted octanol–water partition coefficient (Wildman–Crippen LogP) is 2.09. The molecule has 0 spiro atoms. The number of halogens is 1. The lowest BCUT2D eigenvalue weighted by Crippen LogP contribution is -2.42. The van der Waals surface area contributed by atoms with Gasteiger partial charge in [0.2, 0.25) is 5.91 Å². The van der Waals surface area contributed by atoms with E-state index in [-0.39, 0.29) is 12.5 Å². The Labute approximate surface area is 126 Å². The quantitative estimate of drug-likeness (QED) is 0.707. The highest BCUT2D eigenvalue weighted by Crippen LogP contribution is 2.13. The smallest absolute Gasteiger partial charge is 0.238 e. The van der Waals surface area contributed by atoms with E-state index in [2.05, 4.69) is 26.6 Å². The fourth-order valence-electron chi connectivity index (χ4n) is 1.55. The van der Waals surface area contributed by atoms with Gasteiger partial charge in [-0.1, -0.05) is 15.9 Å². The zero-order chi connectivity index (χ0) is 14.3. The number of nitrogens with one attached hydrogen (secondary N) is 2. The van der Waals surface area contributed by atoms with E-state index in [4.69, 9.17) is 0 Å². The van der Waals surface area contributed by atoms with Crippen LogP contribution in [0, 0.1) is 0 Å². The number of carbonyl (C=O) groups excluding carboxylic acids is 1. The van der Waals surface area contributed by atoms with Gasteiger partial charge < -0.3 is 15.7 Å². The van der Waals surface area contributed by atoms with Crippen LogP contribution < -0.4 is 10.6 Å². The molecule has 0 fully saturated rings. The second-order valence-electron chi connectivity index (χ2n) is 4.59. The third-order valence-corrected chi connectivity index (χ3v) is 3.81. The van der Waals surface area contributed by atoms with E-state index in [1.807, 2.05) is 30.5 Å². The van der Waals surface area contributed by atoms with Gasteiger partial charge in [-0.15, -0.1) is 0 Å². The lowest BCUT2D eigenvalue weighted by molar-refractivity contribution is -0.115. The summed E-state index contributed by atoms with van der Waals surface area (Å²) in [6.45, 7) is 2.32. The van der Waals surface area contributed by atoms with Crippen molar-refractivity contribution in [3.05, 3.63) is 28.7 Å². The first-order valence-electron chi connectivity index (χ1n) is 5.90. The molecular formula is C13H19BrN2O2S. The minimum absolute atomic E-state index is 0.123. The number of hydrogen-bond donors (Lipinski definition) is 3. The summed E-state index contributed by atoms with van der Waals surface area (Å²) in [6, 6.07) is 7.39. The molecule has 0 bridgehead atoms. The van der Waals surface area contributed by atoms with Crippen LogP contribution in [0.4, 0.5) is 5.69 Å². The minimum atomic E-state index is -0.794. The summed E-state index contributed by atoms with van der Waals surface area (Å²) in [5, 5.41) is 15.7. The Kier molecular flexibility index (Phi) is 6.85. The Morgan fingerprint density at radius 3 is 2.63 bits per heavy atom. The molecule has 4 nitrogen and oxygen atoms in total. The number of rotatable bonds is 7. The Hall–Kier alpha value is -0.560. The van der Waals surface area contributed by atoms with Crippen molar-refractivity contribution in [3.63, 3.8) is 0 Å². The Morgan fingerprint density at radius 1 is 1.42 bits per heavy atom. The first kappa shape index (κ1) is 16.5. The minimum Gasteiger partial charge on any atom is -0.388 e. The maximum absolute atomic E-state index is 11.7. The third kappa shape index (κ3) is 6.96. The Bertz CT molecular complexity index is 410. The highest BCUT2D eigenvalue weighted by molar-refractivity contribution is 9.10. The molecule has 106 valence electrons. The standard InChI is InChI=1S/C13H19BrN2O2S/c1-13(18,9-19-2)8-15-7-12(17)16-11-5-3-10(14)4-6-11/h3-6,15,18H,7-9H2,1-2H3,(H,16,17). The summed E-state index contributed by atoms with van der Waals surface area (Å²) in [5.41, 5.74) is -0.0389. The monoisotopic (exact) mass is 346 g/mol. The van der Waals surface area contributed by atoms with Gasteiger partial charge in [-0.05, 0) is 37.4 Å². The van der Waals surface area contributed by atoms with Crippen LogP contribution >= 0.6 is 27.7 Å². The van der Waals surface area contributed by atoms with Crippen LogP contribution in [0.15, 0.2) is 28.7 Å². The number of benzene rings is 1. The molecule has 0 saturated heterocycles. The van der Waals surface area contributed by atoms with Crippen molar-refractivity contribution in [1.29, 1.82) is 0 Å². The molecule has 0 aliphatic rings. The van der Waals surface area contributed by atoms with Crippen LogP contribution in [0.5, 0.6) is 0 Å². The van der Waals surface area contributed by atoms with Crippen molar-refractivity contribution >= 4 is 39.3 Å². The highest BCUT2D eigenvalue weighted by atomic mass is 79.9. The maximum Gasteiger partial charge on any atom is 0.238 e. The van der Waals surface area contributed by atoms with E-state index in [0.717, 1.165) is 10.2 Å². The summed E-state index contributed by atoms with van der Waals surface area (Å²) >= 11 is 4.91. The van der Waals surface area contributed by atoms with Gasteiger partial charge in [-0.3, -0.25) is 4.79 Å². The SMILES string of the molecule is CSCC(C)(O)CNCC(=O)Nc1ccc(Br)cc1. The molecule has 0 aliphatic heterocycles. The van der Waals surface area contributed by atoms with Crippen molar-refractivity contribution in [2.75, 3.05) is 30.4 Å². The van der Waals surface area contributed by atoms with Crippen LogP contribution in [-0.4, -0.2) is 41.7 Å². The van der Waals surface area contributed by atoms with E-state index in [1.165, 1.54) is 0 Å². The number of anilines is 1. The zero-order valence-corrected chi connectivity index (χ0v) is 13.5. The van der Waals surface area contributed by atoms with Crippen LogP contribution in [0.2, 0.25) is 0 Å². The molecule has 0 radical (unpaired) electrons. The molecule has 3 N–H and O–H groups in total. The number of hydrogen-bond acceptors (Lipinski definition) is 4. The van der Waals surface area contributed by atoms with E-state index in [1.54, 1.807) is 18.7 Å². The van der Waals surface area contributed by atoms with Crippen molar-refractivity contribution in [2.45, 2.75) is 12.5 Å². The van der Waals surface area contributed by atoms with E-state index >= 15 is 0 Å². The number of amides is 1. The van der Waals surface area contributed by atoms with Gasteiger partial charge in [-0.25, -0.2) is 0 Å². The van der Waals surface area contributed by atoms with Crippen molar-refractivity contribution < 1.29 is 9.90 Å². The molecule has 19 heavy (non-hydrogen) atoms. The molecule has 1 rings (SSSR count). The normalized spacial score (nSPS) is 13.9. The average Bonchev–Trinajstić information content (AvgIpc) is 2.31. The molecule has 1 atom stereocenters. The summed E-state index contributed by atoms with van der Waals surface area (Å²) in [7, 11) is 0. The van der Waals surface area contributed by atoms with Crippen LogP contribution in [0.1, 0.15) is 6.92 Å². The van der Waals surface area contributed by atoms with Gasteiger partial charge in [0, 0.05) is 22.5 Å². The van der Waals surface area contributed by atoms with E-state index in [0.29, 0.717) is 12.3 Å². The van der Waals surface area contributed by atoms with Gasteiger partial charge >= 0.3 is 0 Å². The largest absolute Gasteiger partial charge is 0.388 e. The van der Waals surface area contributed by atoms with E-state index < -0.39 is 5.60 Å².